The fourth-order valence-electron chi connectivity index (χ4n) is 1.51. The van der Waals surface area contributed by atoms with Crippen molar-refractivity contribution in [2.24, 2.45) is 0 Å². The first-order valence-corrected chi connectivity index (χ1v) is 5.66. The van der Waals surface area contributed by atoms with Gasteiger partial charge in [-0.1, -0.05) is 30.3 Å². The largest absolute Gasteiger partial charge is 0.453 e. The number of hydrogen-bond acceptors (Lipinski definition) is 3. The lowest BCUT2D eigenvalue weighted by Crippen LogP contribution is -2.37. The molecule has 1 N–H and O–H groups in total. The Balaban J connectivity index is 2.63. The van der Waals surface area contributed by atoms with Crippen LogP contribution in [0.4, 0.5) is 4.79 Å². The third-order valence-corrected chi connectivity index (χ3v) is 2.44. The second-order valence-electron chi connectivity index (χ2n) is 3.62. The van der Waals surface area contributed by atoms with Crippen LogP contribution in [0.2, 0.25) is 0 Å². The van der Waals surface area contributed by atoms with Crippen molar-refractivity contribution in [3.63, 3.8) is 0 Å². The molecular formula is C12H15NO3S. The van der Waals surface area contributed by atoms with E-state index >= 15 is 0 Å². The van der Waals surface area contributed by atoms with E-state index in [9.17, 15) is 9.59 Å². The minimum atomic E-state index is -0.541. The van der Waals surface area contributed by atoms with E-state index in [0.29, 0.717) is 6.42 Å². The van der Waals surface area contributed by atoms with E-state index in [2.05, 4.69) is 22.7 Å². The number of methoxy groups -OCH3 is 1. The molecule has 0 unspecified atom stereocenters. The highest BCUT2D eigenvalue weighted by Crippen LogP contribution is 2.07. The van der Waals surface area contributed by atoms with Crippen LogP contribution in [0.5, 0.6) is 0 Å². The maximum Gasteiger partial charge on any atom is 0.407 e. The number of carbonyl (C=O) groups excluding carboxylic acids is 2. The van der Waals surface area contributed by atoms with Crippen molar-refractivity contribution in [2.75, 3.05) is 7.11 Å². The molecule has 0 spiro atoms. The van der Waals surface area contributed by atoms with Gasteiger partial charge in [-0.15, -0.1) is 12.6 Å². The summed E-state index contributed by atoms with van der Waals surface area (Å²) in [6.07, 6.45) is 0.204. The van der Waals surface area contributed by atoms with Crippen molar-refractivity contribution in [2.45, 2.75) is 18.9 Å². The Morgan fingerprint density at radius 2 is 2.00 bits per heavy atom. The van der Waals surface area contributed by atoms with Crippen molar-refractivity contribution in [1.29, 1.82) is 0 Å². The minimum absolute atomic E-state index is 0.174. The van der Waals surface area contributed by atoms with Crippen LogP contribution in [0.15, 0.2) is 30.3 Å². The molecule has 0 saturated carbocycles. The molecule has 0 fully saturated rings. The third kappa shape index (κ3) is 5.40. The summed E-state index contributed by atoms with van der Waals surface area (Å²) < 4.78 is 4.51. The molecule has 0 aliphatic rings. The summed E-state index contributed by atoms with van der Waals surface area (Å²) in [5.41, 5.74) is 1.04. The monoisotopic (exact) mass is 253 g/mol. The molecule has 1 rings (SSSR count). The fourth-order valence-corrected chi connectivity index (χ4v) is 1.73. The number of thiol groups is 1. The van der Waals surface area contributed by atoms with Gasteiger partial charge in [0, 0.05) is 12.5 Å². The molecule has 0 bridgehead atoms. The van der Waals surface area contributed by atoms with E-state index in [-0.39, 0.29) is 17.6 Å². The number of benzene rings is 1. The van der Waals surface area contributed by atoms with E-state index in [1.807, 2.05) is 30.3 Å². The average molecular weight is 253 g/mol. The van der Waals surface area contributed by atoms with Gasteiger partial charge < -0.3 is 10.1 Å². The van der Waals surface area contributed by atoms with Crippen molar-refractivity contribution in [3.05, 3.63) is 35.9 Å². The normalized spacial score (nSPS) is 11.6. The van der Waals surface area contributed by atoms with E-state index < -0.39 is 6.09 Å². The number of ether oxygens (including phenoxy) is 1. The van der Waals surface area contributed by atoms with Crippen LogP contribution in [0.3, 0.4) is 0 Å². The van der Waals surface area contributed by atoms with Gasteiger partial charge in [-0.05, 0) is 12.0 Å². The summed E-state index contributed by atoms with van der Waals surface area (Å²) >= 11 is 3.72. The van der Waals surface area contributed by atoms with Crippen LogP contribution in [0.25, 0.3) is 0 Å². The Labute approximate surface area is 106 Å². The maximum absolute atomic E-state index is 11.1. The van der Waals surface area contributed by atoms with Crippen LogP contribution in [0, 0.1) is 0 Å². The average Bonchev–Trinajstić information content (AvgIpc) is 2.29. The van der Waals surface area contributed by atoms with Gasteiger partial charge in [-0.2, -0.15) is 0 Å². The van der Waals surface area contributed by atoms with Gasteiger partial charge in [0.25, 0.3) is 0 Å². The molecule has 0 saturated heterocycles. The highest BCUT2D eigenvalue weighted by Gasteiger charge is 2.15. The maximum atomic E-state index is 11.1. The van der Waals surface area contributed by atoms with Crippen molar-refractivity contribution in [1.82, 2.24) is 5.32 Å². The van der Waals surface area contributed by atoms with E-state index in [4.69, 9.17) is 0 Å². The molecule has 0 aromatic heterocycles. The Bertz CT molecular complexity index is 381. The number of rotatable bonds is 5. The van der Waals surface area contributed by atoms with E-state index in [1.54, 1.807) is 0 Å². The topological polar surface area (TPSA) is 55.4 Å². The predicted molar refractivity (Wildman–Crippen MR) is 68.1 cm³/mol. The number of hydrogen-bond donors (Lipinski definition) is 2. The quantitative estimate of drug-likeness (QED) is 0.787. The molecule has 0 aliphatic heterocycles. The first-order valence-electron chi connectivity index (χ1n) is 5.22. The zero-order valence-electron chi connectivity index (χ0n) is 9.55. The van der Waals surface area contributed by atoms with Gasteiger partial charge in [0.15, 0.2) is 5.12 Å². The van der Waals surface area contributed by atoms with Crippen LogP contribution < -0.4 is 5.32 Å². The number of alkyl carbamates (subject to hydrolysis) is 1. The van der Waals surface area contributed by atoms with Crippen LogP contribution in [0.1, 0.15) is 12.0 Å². The lowest BCUT2D eigenvalue weighted by molar-refractivity contribution is -0.111. The Morgan fingerprint density at radius 1 is 1.35 bits per heavy atom. The molecule has 5 heteroatoms. The fraction of sp³-hybridized carbons (Fsp3) is 0.333. The van der Waals surface area contributed by atoms with Gasteiger partial charge in [0.2, 0.25) is 0 Å². The summed E-state index contributed by atoms with van der Waals surface area (Å²) in [5.74, 6) is 0. The molecule has 17 heavy (non-hydrogen) atoms. The summed E-state index contributed by atoms with van der Waals surface area (Å²) in [6, 6.07) is 9.31. The third-order valence-electron chi connectivity index (χ3n) is 2.25. The molecule has 92 valence electrons. The molecule has 1 atom stereocenters. The predicted octanol–water partition coefficient (Wildman–Crippen LogP) is 1.80. The zero-order chi connectivity index (χ0) is 12.7. The van der Waals surface area contributed by atoms with Crippen molar-refractivity contribution >= 4 is 23.8 Å². The Morgan fingerprint density at radius 3 is 2.53 bits per heavy atom. The second kappa shape index (κ2) is 6.96. The molecule has 1 aromatic carbocycles. The standard InChI is InChI=1S/C12H15NO3S/c1-16-12(15)13-10(8-11(14)17)7-9-5-3-2-4-6-9/h2-6,10H,7-8H2,1H3,(H,13,15)(H,14,17)/t10-/m0/s1. The number of nitrogens with one attached hydrogen (secondary N) is 1. The molecular weight excluding hydrogens is 238 g/mol. The summed E-state index contributed by atoms with van der Waals surface area (Å²) in [6.45, 7) is 0. The first-order chi connectivity index (χ1) is 8.11. The molecule has 1 aromatic rings. The van der Waals surface area contributed by atoms with Gasteiger partial charge in [-0.3, -0.25) is 4.79 Å². The smallest absolute Gasteiger partial charge is 0.407 e. The SMILES string of the molecule is COC(=O)N[C@H](CC(=O)S)Cc1ccccc1. The van der Waals surface area contributed by atoms with Gasteiger partial charge in [0.05, 0.1) is 7.11 Å². The minimum Gasteiger partial charge on any atom is -0.453 e. The lowest BCUT2D eigenvalue weighted by atomic mass is 10.0. The van der Waals surface area contributed by atoms with Crippen LogP contribution >= 0.6 is 12.6 Å². The van der Waals surface area contributed by atoms with Crippen molar-refractivity contribution in [3.8, 4) is 0 Å². The van der Waals surface area contributed by atoms with Crippen molar-refractivity contribution < 1.29 is 14.3 Å². The van der Waals surface area contributed by atoms with Gasteiger partial charge >= 0.3 is 6.09 Å². The molecule has 0 heterocycles. The van der Waals surface area contributed by atoms with Crippen LogP contribution in [-0.4, -0.2) is 24.4 Å². The van der Waals surface area contributed by atoms with Gasteiger partial charge in [-0.25, -0.2) is 4.79 Å². The number of carbonyl (C=O) groups is 2. The first kappa shape index (κ1) is 13.6. The highest BCUT2D eigenvalue weighted by molar-refractivity contribution is 7.96. The Hall–Kier alpha value is -1.49. The highest BCUT2D eigenvalue weighted by atomic mass is 32.1. The van der Waals surface area contributed by atoms with E-state index in [1.165, 1.54) is 7.11 Å². The number of amides is 1. The molecule has 1 amide bonds. The zero-order valence-corrected chi connectivity index (χ0v) is 10.4. The lowest BCUT2D eigenvalue weighted by Gasteiger charge is -2.16. The summed E-state index contributed by atoms with van der Waals surface area (Å²) in [5, 5.41) is 2.35. The summed E-state index contributed by atoms with van der Waals surface area (Å²) in [4.78, 5) is 22.1. The Kier molecular flexibility index (Phi) is 5.56. The van der Waals surface area contributed by atoms with Crippen LogP contribution in [-0.2, 0) is 16.0 Å². The van der Waals surface area contributed by atoms with Gasteiger partial charge in [0.1, 0.15) is 0 Å². The molecule has 0 aliphatic carbocycles. The van der Waals surface area contributed by atoms with E-state index in [0.717, 1.165) is 5.56 Å². The molecule has 4 nitrogen and oxygen atoms in total. The summed E-state index contributed by atoms with van der Waals surface area (Å²) in [7, 11) is 1.29. The molecule has 0 radical (unpaired) electrons. The second-order valence-corrected chi connectivity index (χ2v) is 4.12.